The second kappa shape index (κ2) is 5.14. The van der Waals surface area contributed by atoms with E-state index in [1.807, 2.05) is 13.8 Å². The smallest absolute Gasteiger partial charge is 0.368 e. The van der Waals surface area contributed by atoms with Crippen LogP contribution in [0.2, 0.25) is 0 Å². The number of nitrogens with one attached hydrogen (secondary N) is 1. The highest BCUT2D eigenvalue weighted by atomic mass is 19.4. The molecule has 0 aromatic rings. The van der Waals surface area contributed by atoms with Gasteiger partial charge in [-0.15, -0.1) is 0 Å². The minimum Gasteiger partial charge on any atom is -0.368 e. The van der Waals surface area contributed by atoms with E-state index in [4.69, 9.17) is 4.74 Å². The van der Waals surface area contributed by atoms with Crippen LogP contribution in [0.5, 0.6) is 0 Å². The average Bonchev–Trinajstić information content (AvgIpc) is 2.66. The maximum Gasteiger partial charge on any atom is 0.401 e. The van der Waals surface area contributed by atoms with Gasteiger partial charge in [-0.3, -0.25) is 4.90 Å². The van der Waals surface area contributed by atoms with Crippen molar-refractivity contribution in [2.45, 2.75) is 70.0 Å². The number of halogens is 3. The fourth-order valence-corrected chi connectivity index (χ4v) is 3.47. The monoisotopic (exact) mass is 294 g/mol. The van der Waals surface area contributed by atoms with Gasteiger partial charge in [0.1, 0.15) is 0 Å². The number of nitrogens with zero attached hydrogens (tertiary/aromatic N) is 1. The SMILES string of the molecule is CC1(C)C[C@@H](N[C@@H]2CCN(CC(F)(F)F)C2)C(C)(C)O1. The van der Waals surface area contributed by atoms with Gasteiger partial charge in [0.15, 0.2) is 0 Å². The molecule has 0 spiro atoms. The average molecular weight is 294 g/mol. The number of likely N-dealkylation sites (tertiary alicyclic amines) is 1. The highest BCUT2D eigenvalue weighted by molar-refractivity contribution is 5.01. The number of hydrogen-bond donors (Lipinski definition) is 1. The molecule has 2 rings (SSSR count). The maximum atomic E-state index is 12.4. The molecule has 2 saturated heterocycles. The molecule has 0 aromatic carbocycles. The molecule has 2 aliphatic rings. The Morgan fingerprint density at radius 1 is 1.25 bits per heavy atom. The minimum absolute atomic E-state index is 0.124. The first-order valence-electron chi connectivity index (χ1n) is 7.22. The Hall–Kier alpha value is -0.330. The second-order valence-electron chi connectivity index (χ2n) is 7.22. The molecular formula is C14H25F3N2O. The summed E-state index contributed by atoms with van der Waals surface area (Å²) in [5.74, 6) is 0. The molecule has 2 aliphatic heterocycles. The van der Waals surface area contributed by atoms with Gasteiger partial charge in [-0.25, -0.2) is 0 Å². The minimum atomic E-state index is -4.10. The van der Waals surface area contributed by atoms with Gasteiger partial charge in [-0.05, 0) is 40.5 Å². The molecular weight excluding hydrogens is 269 g/mol. The van der Waals surface area contributed by atoms with Crippen LogP contribution in [0, 0.1) is 0 Å². The van der Waals surface area contributed by atoms with Crippen LogP contribution in [0.1, 0.15) is 40.5 Å². The number of alkyl halides is 3. The summed E-state index contributed by atoms with van der Waals surface area (Å²) in [6, 6.07) is 0.312. The summed E-state index contributed by atoms with van der Waals surface area (Å²) < 4.78 is 43.2. The highest BCUT2D eigenvalue weighted by Gasteiger charge is 2.47. The molecule has 0 radical (unpaired) electrons. The van der Waals surface area contributed by atoms with Crippen molar-refractivity contribution in [2.75, 3.05) is 19.6 Å². The summed E-state index contributed by atoms with van der Waals surface area (Å²) in [5, 5.41) is 3.51. The molecule has 0 saturated carbocycles. The van der Waals surface area contributed by atoms with Crippen LogP contribution in [-0.2, 0) is 4.74 Å². The third-order valence-corrected chi connectivity index (χ3v) is 4.19. The van der Waals surface area contributed by atoms with Crippen LogP contribution >= 0.6 is 0 Å². The van der Waals surface area contributed by atoms with Crippen molar-refractivity contribution in [3.05, 3.63) is 0 Å². The van der Waals surface area contributed by atoms with Gasteiger partial charge in [0.25, 0.3) is 0 Å². The number of ether oxygens (including phenoxy) is 1. The van der Waals surface area contributed by atoms with Gasteiger partial charge in [-0.2, -0.15) is 13.2 Å². The third kappa shape index (κ3) is 4.09. The first-order valence-corrected chi connectivity index (χ1v) is 7.22. The molecule has 6 heteroatoms. The molecule has 2 heterocycles. The Bertz CT molecular complexity index is 355. The van der Waals surface area contributed by atoms with E-state index >= 15 is 0 Å². The Morgan fingerprint density at radius 3 is 2.40 bits per heavy atom. The zero-order valence-corrected chi connectivity index (χ0v) is 12.7. The zero-order valence-electron chi connectivity index (χ0n) is 12.7. The van der Waals surface area contributed by atoms with E-state index in [0.717, 1.165) is 12.8 Å². The normalized spacial score (nSPS) is 33.8. The van der Waals surface area contributed by atoms with Gasteiger partial charge in [0.2, 0.25) is 0 Å². The number of hydrogen-bond acceptors (Lipinski definition) is 3. The summed E-state index contributed by atoms with van der Waals surface area (Å²) in [6.45, 7) is 8.37. The molecule has 0 amide bonds. The fourth-order valence-electron chi connectivity index (χ4n) is 3.47. The molecule has 0 aliphatic carbocycles. The molecule has 0 aromatic heterocycles. The molecule has 0 bridgehead atoms. The Balaban J connectivity index is 1.86. The van der Waals surface area contributed by atoms with Crippen LogP contribution < -0.4 is 5.32 Å². The van der Waals surface area contributed by atoms with Crippen molar-refractivity contribution in [3.63, 3.8) is 0 Å². The molecule has 20 heavy (non-hydrogen) atoms. The maximum absolute atomic E-state index is 12.4. The van der Waals surface area contributed by atoms with Crippen molar-refractivity contribution in [2.24, 2.45) is 0 Å². The summed E-state index contributed by atoms with van der Waals surface area (Å²) in [6.07, 6.45) is -2.45. The van der Waals surface area contributed by atoms with E-state index in [9.17, 15) is 13.2 Å². The fraction of sp³-hybridized carbons (Fsp3) is 1.00. The molecule has 3 nitrogen and oxygen atoms in total. The predicted molar refractivity (Wildman–Crippen MR) is 71.7 cm³/mol. The van der Waals surface area contributed by atoms with Crippen LogP contribution in [0.25, 0.3) is 0 Å². The highest BCUT2D eigenvalue weighted by Crippen LogP contribution is 2.37. The van der Waals surface area contributed by atoms with Gasteiger partial charge in [0, 0.05) is 25.2 Å². The third-order valence-electron chi connectivity index (χ3n) is 4.19. The largest absolute Gasteiger partial charge is 0.401 e. The quantitative estimate of drug-likeness (QED) is 0.866. The molecule has 0 unspecified atom stereocenters. The lowest BCUT2D eigenvalue weighted by molar-refractivity contribution is -0.143. The zero-order chi connectivity index (χ0) is 15.2. The summed E-state index contributed by atoms with van der Waals surface area (Å²) >= 11 is 0. The Labute approximate surface area is 118 Å². The lowest BCUT2D eigenvalue weighted by atomic mass is 9.93. The molecule has 2 fully saturated rings. The van der Waals surface area contributed by atoms with E-state index in [0.29, 0.717) is 13.1 Å². The molecule has 118 valence electrons. The number of rotatable bonds is 3. The Morgan fingerprint density at radius 2 is 1.90 bits per heavy atom. The topological polar surface area (TPSA) is 24.5 Å². The van der Waals surface area contributed by atoms with Crippen molar-refractivity contribution >= 4 is 0 Å². The van der Waals surface area contributed by atoms with Crippen LogP contribution in [0.3, 0.4) is 0 Å². The van der Waals surface area contributed by atoms with Gasteiger partial charge < -0.3 is 10.1 Å². The lowest BCUT2D eigenvalue weighted by Crippen LogP contribution is -2.49. The lowest BCUT2D eigenvalue weighted by Gasteiger charge is -2.30. The summed E-state index contributed by atoms with van der Waals surface area (Å²) in [5.41, 5.74) is -0.452. The first kappa shape index (κ1) is 16.0. The van der Waals surface area contributed by atoms with E-state index in [2.05, 4.69) is 19.2 Å². The Kier molecular flexibility index (Phi) is 4.13. The predicted octanol–water partition coefficient (Wildman–Crippen LogP) is 2.56. The van der Waals surface area contributed by atoms with Crippen LogP contribution in [0.15, 0.2) is 0 Å². The van der Waals surface area contributed by atoms with Crippen LogP contribution in [0.4, 0.5) is 13.2 Å². The molecule has 1 N–H and O–H groups in total. The first-order chi connectivity index (χ1) is 8.97. The van der Waals surface area contributed by atoms with E-state index in [-0.39, 0.29) is 23.3 Å². The van der Waals surface area contributed by atoms with Crippen molar-refractivity contribution in [3.8, 4) is 0 Å². The van der Waals surface area contributed by atoms with Gasteiger partial charge in [-0.1, -0.05) is 0 Å². The summed E-state index contributed by atoms with van der Waals surface area (Å²) in [4.78, 5) is 1.48. The van der Waals surface area contributed by atoms with E-state index in [1.54, 1.807) is 0 Å². The van der Waals surface area contributed by atoms with Crippen molar-refractivity contribution in [1.29, 1.82) is 0 Å². The molecule has 2 atom stereocenters. The van der Waals surface area contributed by atoms with Crippen LogP contribution in [-0.4, -0.2) is 54.0 Å². The van der Waals surface area contributed by atoms with Gasteiger partial charge >= 0.3 is 6.18 Å². The van der Waals surface area contributed by atoms with Crippen molar-refractivity contribution < 1.29 is 17.9 Å². The summed E-state index contributed by atoms with van der Waals surface area (Å²) in [7, 11) is 0. The van der Waals surface area contributed by atoms with E-state index < -0.39 is 12.7 Å². The second-order valence-corrected chi connectivity index (χ2v) is 7.22. The van der Waals surface area contributed by atoms with Gasteiger partial charge in [0.05, 0.1) is 17.7 Å². The standard InChI is InChI=1S/C14H25F3N2O/c1-12(2)7-11(13(3,4)20-12)18-10-5-6-19(8-10)9-14(15,16)17/h10-11,18H,5-9H2,1-4H3/t10-,11-/m1/s1. The van der Waals surface area contributed by atoms with Crippen molar-refractivity contribution in [1.82, 2.24) is 10.2 Å². The van der Waals surface area contributed by atoms with E-state index in [1.165, 1.54) is 4.90 Å².